The van der Waals surface area contributed by atoms with Crippen LogP contribution in [0.2, 0.25) is 5.02 Å². The second kappa shape index (κ2) is 5.25. The molecule has 112 valence electrons. The van der Waals surface area contributed by atoms with Crippen molar-refractivity contribution in [3.63, 3.8) is 0 Å². The van der Waals surface area contributed by atoms with E-state index in [4.69, 9.17) is 11.6 Å². The fourth-order valence-electron chi connectivity index (χ4n) is 2.46. The normalized spacial score (nSPS) is 11.8. The minimum atomic E-state index is -0.235. The largest absolute Gasteiger partial charge is 0.268 e. The highest BCUT2D eigenvalue weighted by molar-refractivity contribution is 6.30. The van der Waals surface area contributed by atoms with Crippen molar-refractivity contribution in [2.24, 2.45) is 0 Å². The van der Waals surface area contributed by atoms with E-state index in [1.807, 2.05) is 24.3 Å². The lowest BCUT2D eigenvalue weighted by molar-refractivity contribution is 0.0957. The van der Waals surface area contributed by atoms with Crippen molar-refractivity contribution in [1.29, 1.82) is 0 Å². The molecule has 3 rings (SSSR count). The Kier molecular flexibility index (Phi) is 3.53. The quantitative estimate of drug-likeness (QED) is 0.654. The van der Waals surface area contributed by atoms with Gasteiger partial charge in [0.1, 0.15) is 5.82 Å². The average molecular weight is 313 g/mol. The minimum absolute atomic E-state index is 0.0877. The van der Waals surface area contributed by atoms with Crippen LogP contribution in [0.3, 0.4) is 0 Å². The third-order valence-corrected chi connectivity index (χ3v) is 3.78. The second-order valence-corrected chi connectivity index (χ2v) is 6.76. The van der Waals surface area contributed by atoms with Crippen LogP contribution in [0.15, 0.2) is 48.5 Å². The lowest BCUT2D eigenvalue weighted by Crippen LogP contribution is -2.24. The summed E-state index contributed by atoms with van der Waals surface area (Å²) in [5.41, 5.74) is 2.02. The van der Waals surface area contributed by atoms with E-state index >= 15 is 0 Å². The Labute approximate surface area is 134 Å². The lowest BCUT2D eigenvalue weighted by Gasteiger charge is -2.19. The molecule has 0 aliphatic carbocycles. The number of hydrogen-bond acceptors (Lipinski definition) is 2. The zero-order valence-electron chi connectivity index (χ0n) is 12.8. The molecule has 0 N–H and O–H groups in total. The van der Waals surface area contributed by atoms with Crippen LogP contribution < -0.4 is 0 Å². The molecule has 0 spiro atoms. The molecule has 0 amide bonds. The molecule has 0 bridgehead atoms. The highest BCUT2D eigenvalue weighted by atomic mass is 35.5. The topological polar surface area (TPSA) is 34.9 Å². The van der Waals surface area contributed by atoms with Crippen LogP contribution >= 0.6 is 11.6 Å². The minimum Gasteiger partial charge on any atom is -0.268 e. The van der Waals surface area contributed by atoms with E-state index in [-0.39, 0.29) is 11.3 Å². The van der Waals surface area contributed by atoms with Crippen molar-refractivity contribution in [2.75, 3.05) is 0 Å². The van der Waals surface area contributed by atoms with Gasteiger partial charge < -0.3 is 0 Å². The molecule has 0 aliphatic heterocycles. The van der Waals surface area contributed by atoms with Crippen molar-refractivity contribution in [3.8, 4) is 0 Å². The zero-order valence-corrected chi connectivity index (χ0v) is 13.6. The summed E-state index contributed by atoms with van der Waals surface area (Å²) in [4.78, 5) is 17.6. The van der Waals surface area contributed by atoms with Crippen molar-refractivity contribution in [2.45, 2.75) is 26.2 Å². The van der Waals surface area contributed by atoms with E-state index in [0.717, 1.165) is 16.9 Å². The van der Waals surface area contributed by atoms with Crippen LogP contribution in [-0.2, 0) is 5.41 Å². The first-order valence-electron chi connectivity index (χ1n) is 7.16. The molecule has 0 saturated carbocycles. The van der Waals surface area contributed by atoms with Crippen LogP contribution in [0.5, 0.6) is 0 Å². The predicted octanol–water partition coefficient (Wildman–Crippen LogP) is 4.68. The van der Waals surface area contributed by atoms with Gasteiger partial charge in [0.15, 0.2) is 0 Å². The van der Waals surface area contributed by atoms with E-state index in [9.17, 15) is 4.79 Å². The number of nitrogens with zero attached hydrogens (tertiary/aromatic N) is 2. The number of para-hydroxylation sites is 2. The van der Waals surface area contributed by atoms with Gasteiger partial charge in [0.05, 0.1) is 11.0 Å². The molecule has 0 radical (unpaired) electrons. The first-order valence-corrected chi connectivity index (χ1v) is 7.54. The zero-order chi connectivity index (χ0) is 15.9. The fourth-order valence-corrected chi connectivity index (χ4v) is 2.58. The molecule has 0 aliphatic rings. The van der Waals surface area contributed by atoms with Gasteiger partial charge >= 0.3 is 0 Å². The van der Waals surface area contributed by atoms with Gasteiger partial charge in [-0.2, -0.15) is 0 Å². The summed E-state index contributed by atoms with van der Waals surface area (Å²) in [6, 6.07) is 14.6. The standard InChI is InChI=1S/C18H17ClN2O/c1-18(2,3)17-20-14-6-4-5-7-15(14)21(17)16(22)12-8-10-13(19)11-9-12/h4-11H,1-3H3. The molecule has 0 unspecified atom stereocenters. The number of halogens is 1. The SMILES string of the molecule is CC(C)(C)c1nc2ccccc2n1C(=O)c1ccc(Cl)cc1. The monoisotopic (exact) mass is 312 g/mol. The summed E-state index contributed by atoms with van der Waals surface area (Å²) >= 11 is 5.91. The molecule has 22 heavy (non-hydrogen) atoms. The van der Waals surface area contributed by atoms with Crippen molar-refractivity contribution in [1.82, 2.24) is 9.55 Å². The van der Waals surface area contributed by atoms with Gasteiger partial charge in [-0.3, -0.25) is 9.36 Å². The molecule has 0 saturated heterocycles. The van der Waals surface area contributed by atoms with Crippen LogP contribution in [0.4, 0.5) is 0 Å². The van der Waals surface area contributed by atoms with Gasteiger partial charge in [-0.1, -0.05) is 44.5 Å². The van der Waals surface area contributed by atoms with Crippen molar-refractivity contribution in [3.05, 3.63) is 64.9 Å². The summed E-state index contributed by atoms with van der Waals surface area (Å²) in [5, 5.41) is 0.614. The summed E-state index contributed by atoms with van der Waals surface area (Å²) in [5.74, 6) is 0.670. The Hall–Kier alpha value is -2.13. The maximum atomic E-state index is 13.0. The number of carbonyl (C=O) groups is 1. The van der Waals surface area contributed by atoms with Gasteiger partial charge in [-0.25, -0.2) is 4.98 Å². The summed E-state index contributed by atoms with van der Waals surface area (Å²) in [6.07, 6.45) is 0. The van der Waals surface area contributed by atoms with E-state index in [2.05, 4.69) is 25.8 Å². The van der Waals surface area contributed by atoms with Crippen LogP contribution in [-0.4, -0.2) is 15.5 Å². The van der Waals surface area contributed by atoms with E-state index in [1.165, 1.54) is 0 Å². The first kappa shape index (κ1) is 14.8. The van der Waals surface area contributed by atoms with E-state index in [1.54, 1.807) is 28.8 Å². The van der Waals surface area contributed by atoms with E-state index < -0.39 is 0 Å². The molecule has 0 atom stereocenters. The molecule has 4 heteroatoms. The highest BCUT2D eigenvalue weighted by Crippen LogP contribution is 2.27. The highest BCUT2D eigenvalue weighted by Gasteiger charge is 2.26. The molecule has 3 nitrogen and oxygen atoms in total. The Bertz CT molecular complexity index is 842. The Balaban J connectivity index is 2.24. The number of rotatable bonds is 1. The summed E-state index contributed by atoms with van der Waals surface area (Å²) < 4.78 is 1.71. The molecule has 1 aromatic heterocycles. The maximum absolute atomic E-state index is 13.0. The number of hydrogen-bond donors (Lipinski definition) is 0. The number of imidazole rings is 1. The first-order chi connectivity index (χ1) is 10.4. The average Bonchev–Trinajstić information content (AvgIpc) is 2.87. The van der Waals surface area contributed by atoms with Gasteiger partial charge in [-0.05, 0) is 36.4 Å². The molecule has 1 heterocycles. The van der Waals surface area contributed by atoms with Gasteiger partial charge in [0.2, 0.25) is 0 Å². The molecule has 2 aromatic carbocycles. The number of aromatic nitrogens is 2. The predicted molar refractivity (Wildman–Crippen MR) is 89.6 cm³/mol. The van der Waals surface area contributed by atoms with E-state index in [0.29, 0.717) is 10.6 Å². The van der Waals surface area contributed by atoms with Crippen molar-refractivity contribution >= 4 is 28.5 Å². The molecular formula is C18H17ClN2O. The van der Waals surface area contributed by atoms with Crippen LogP contribution in [0.25, 0.3) is 11.0 Å². The number of fused-ring (bicyclic) bond motifs is 1. The van der Waals surface area contributed by atoms with Crippen LogP contribution in [0.1, 0.15) is 37.0 Å². The van der Waals surface area contributed by atoms with Crippen molar-refractivity contribution < 1.29 is 4.79 Å². The molecule has 0 fully saturated rings. The smallest absolute Gasteiger partial charge is 0.263 e. The Morgan fingerprint density at radius 2 is 1.68 bits per heavy atom. The lowest BCUT2D eigenvalue weighted by atomic mass is 9.95. The van der Waals surface area contributed by atoms with Gasteiger partial charge in [0.25, 0.3) is 5.91 Å². The molecular weight excluding hydrogens is 296 g/mol. The Morgan fingerprint density at radius 3 is 2.32 bits per heavy atom. The number of benzene rings is 2. The number of carbonyl (C=O) groups excluding carboxylic acids is 1. The maximum Gasteiger partial charge on any atom is 0.263 e. The van der Waals surface area contributed by atoms with Gasteiger partial charge in [0, 0.05) is 16.0 Å². The third-order valence-electron chi connectivity index (χ3n) is 3.53. The molecule has 3 aromatic rings. The third kappa shape index (κ3) is 2.53. The Morgan fingerprint density at radius 1 is 1.05 bits per heavy atom. The van der Waals surface area contributed by atoms with Gasteiger partial charge in [-0.15, -0.1) is 0 Å². The second-order valence-electron chi connectivity index (χ2n) is 6.32. The summed E-state index contributed by atoms with van der Waals surface area (Å²) in [7, 11) is 0. The van der Waals surface area contributed by atoms with Crippen LogP contribution in [0, 0.1) is 0 Å². The fraction of sp³-hybridized carbons (Fsp3) is 0.222. The summed E-state index contributed by atoms with van der Waals surface area (Å²) in [6.45, 7) is 6.17.